The smallest absolute Gasteiger partial charge is 0.113 e. The van der Waals surface area contributed by atoms with Crippen molar-refractivity contribution in [3.63, 3.8) is 0 Å². The van der Waals surface area contributed by atoms with Gasteiger partial charge in [-0.1, -0.05) is 18.5 Å². The molecule has 1 fully saturated rings. The van der Waals surface area contributed by atoms with Gasteiger partial charge in [-0.05, 0) is 5.92 Å². The minimum absolute atomic E-state index is 0.790. The van der Waals surface area contributed by atoms with Crippen LogP contribution in [0.1, 0.15) is 11.9 Å². The van der Waals surface area contributed by atoms with Crippen LogP contribution in [0.5, 0.6) is 0 Å². The normalized spacial score (nSPS) is 19.5. The third-order valence-electron chi connectivity index (χ3n) is 2.02. The first-order valence-corrected chi connectivity index (χ1v) is 5.26. The van der Waals surface area contributed by atoms with Gasteiger partial charge in [-0.2, -0.15) is 0 Å². The maximum atomic E-state index is 5.77. The van der Waals surface area contributed by atoms with Crippen molar-refractivity contribution in [3.8, 4) is 0 Å². The highest BCUT2D eigenvalue weighted by Crippen LogP contribution is 2.23. The van der Waals surface area contributed by atoms with Gasteiger partial charge in [0.2, 0.25) is 0 Å². The Kier molecular flexibility index (Phi) is 2.35. The van der Waals surface area contributed by atoms with E-state index in [-0.39, 0.29) is 0 Å². The molecule has 0 aliphatic carbocycles. The van der Waals surface area contributed by atoms with Crippen LogP contribution in [0.4, 0.5) is 0 Å². The quantitative estimate of drug-likeness (QED) is 0.732. The van der Waals surface area contributed by atoms with Gasteiger partial charge in [-0.25, -0.2) is 4.98 Å². The second-order valence-electron chi connectivity index (χ2n) is 3.36. The molecule has 1 aromatic heterocycles. The summed E-state index contributed by atoms with van der Waals surface area (Å²) < 4.78 is 0.790. The molecule has 1 aliphatic rings. The summed E-state index contributed by atoms with van der Waals surface area (Å²) in [5, 5.41) is 1.13. The number of halogens is 1. The first kappa shape index (κ1) is 8.48. The molecule has 0 N–H and O–H groups in total. The van der Waals surface area contributed by atoms with E-state index in [9.17, 15) is 0 Å². The van der Waals surface area contributed by atoms with E-state index in [1.807, 2.05) is 0 Å². The predicted octanol–water partition coefficient (Wildman–Crippen LogP) is 2.25. The third-order valence-corrected chi connectivity index (χ3v) is 3.12. The molecular formula is C8H11ClN2S. The molecule has 0 amide bonds. The zero-order valence-corrected chi connectivity index (χ0v) is 8.53. The lowest BCUT2D eigenvalue weighted by Crippen LogP contribution is -2.44. The van der Waals surface area contributed by atoms with Crippen LogP contribution in [0.3, 0.4) is 0 Å². The lowest BCUT2D eigenvalue weighted by molar-refractivity contribution is 0.105. The number of rotatable bonds is 2. The van der Waals surface area contributed by atoms with Crippen molar-refractivity contribution in [1.29, 1.82) is 0 Å². The minimum Gasteiger partial charge on any atom is -0.296 e. The molecule has 1 saturated heterocycles. The number of thiazole rings is 1. The first-order chi connectivity index (χ1) is 5.74. The Hall–Kier alpha value is -0.120. The Morgan fingerprint density at radius 1 is 1.75 bits per heavy atom. The molecule has 0 atom stereocenters. The van der Waals surface area contributed by atoms with Gasteiger partial charge in [0, 0.05) is 13.1 Å². The average molecular weight is 203 g/mol. The predicted molar refractivity (Wildman–Crippen MR) is 51.6 cm³/mol. The highest BCUT2D eigenvalue weighted by Gasteiger charge is 2.22. The van der Waals surface area contributed by atoms with Crippen molar-refractivity contribution in [2.24, 2.45) is 5.92 Å². The molecule has 0 unspecified atom stereocenters. The molecule has 0 spiro atoms. The molecule has 0 radical (unpaired) electrons. The van der Waals surface area contributed by atoms with Gasteiger partial charge in [0.15, 0.2) is 0 Å². The van der Waals surface area contributed by atoms with E-state index in [1.165, 1.54) is 13.1 Å². The molecule has 2 nitrogen and oxygen atoms in total. The van der Waals surface area contributed by atoms with Crippen LogP contribution in [-0.2, 0) is 6.54 Å². The van der Waals surface area contributed by atoms with Gasteiger partial charge in [0.25, 0.3) is 0 Å². The lowest BCUT2D eigenvalue weighted by atomic mass is 10.0. The minimum atomic E-state index is 0.790. The molecule has 1 aliphatic heterocycles. The van der Waals surface area contributed by atoms with Crippen molar-refractivity contribution < 1.29 is 0 Å². The van der Waals surface area contributed by atoms with Gasteiger partial charge in [0.1, 0.15) is 9.34 Å². The summed E-state index contributed by atoms with van der Waals surface area (Å²) in [5.41, 5.74) is 0. The Morgan fingerprint density at radius 3 is 3.00 bits per heavy atom. The second-order valence-corrected chi connectivity index (χ2v) is 5.10. The van der Waals surface area contributed by atoms with Crippen LogP contribution in [-0.4, -0.2) is 23.0 Å². The van der Waals surface area contributed by atoms with Crippen molar-refractivity contribution >= 4 is 22.9 Å². The van der Waals surface area contributed by atoms with Gasteiger partial charge in [0.05, 0.1) is 12.7 Å². The molecule has 0 aromatic carbocycles. The number of hydrogen-bond acceptors (Lipinski definition) is 3. The standard InChI is InChI=1S/C8H11ClN2S/c1-6-3-11(4-6)5-8-10-2-7(9)12-8/h2,6H,3-5H2,1H3. The monoisotopic (exact) mass is 202 g/mol. The summed E-state index contributed by atoms with van der Waals surface area (Å²) in [6.07, 6.45) is 1.73. The van der Waals surface area contributed by atoms with Gasteiger partial charge in [-0.3, -0.25) is 4.90 Å². The van der Waals surface area contributed by atoms with Crippen LogP contribution in [0.2, 0.25) is 4.34 Å². The van der Waals surface area contributed by atoms with Crippen LogP contribution >= 0.6 is 22.9 Å². The summed E-state index contributed by atoms with van der Waals surface area (Å²) in [6, 6.07) is 0. The summed E-state index contributed by atoms with van der Waals surface area (Å²) >= 11 is 7.35. The van der Waals surface area contributed by atoms with Gasteiger partial charge >= 0.3 is 0 Å². The highest BCUT2D eigenvalue weighted by molar-refractivity contribution is 7.15. The van der Waals surface area contributed by atoms with Crippen LogP contribution < -0.4 is 0 Å². The van der Waals surface area contributed by atoms with Gasteiger partial charge < -0.3 is 0 Å². The van der Waals surface area contributed by atoms with E-state index in [4.69, 9.17) is 11.6 Å². The SMILES string of the molecule is CC1CN(Cc2ncc(Cl)s2)C1. The fourth-order valence-electron chi connectivity index (χ4n) is 1.51. The maximum Gasteiger partial charge on any atom is 0.113 e. The number of hydrogen-bond donors (Lipinski definition) is 0. The van der Waals surface area contributed by atoms with Crippen LogP contribution in [0.25, 0.3) is 0 Å². The first-order valence-electron chi connectivity index (χ1n) is 4.06. The Bertz CT molecular complexity index is 268. The van der Waals surface area contributed by atoms with Crippen molar-refractivity contribution in [2.75, 3.05) is 13.1 Å². The van der Waals surface area contributed by atoms with E-state index >= 15 is 0 Å². The fraction of sp³-hybridized carbons (Fsp3) is 0.625. The Balaban J connectivity index is 1.88. The number of nitrogens with zero attached hydrogens (tertiary/aromatic N) is 2. The summed E-state index contributed by atoms with van der Waals surface area (Å²) in [7, 11) is 0. The molecule has 4 heteroatoms. The molecular weight excluding hydrogens is 192 g/mol. The van der Waals surface area contributed by atoms with Crippen LogP contribution in [0, 0.1) is 5.92 Å². The molecule has 0 saturated carbocycles. The van der Waals surface area contributed by atoms with Crippen molar-refractivity contribution in [3.05, 3.63) is 15.5 Å². The van der Waals surface area contributed by atoms with Crippen molar-refractivity contribution in [1.82, 2.24) is 9.88 Å². The van der Waals surface area contributed by atoms with E-state index in [0.717, 1.165) is 21.8 Å². The van der Waals surface area contributed by atoms with E-state index < -0.39 is 0 Å². The van der Waals surface area contributed by atoms with Crippen molar-refractivity contribution in [2.45, 2.75) is 13.5 Å². The molecule has 0 bridgehead atoms. The third kappa shape index (κ3) is 1.79. The Morgan fingerprint density at radius 2 is 2.50 bits per heavy atom. The fourth-order valence-corrected chi connectivity index (χ4v) is 2.51. The van der Waals surface area contributed by atoms with E-state index in [0.29, 0.717) is 0 Å². The van der Waals surface area contributed by atoms with E-state index in [1.54, 1.807) is 17.5 Å². The number of aromatic nitrogens is 1. The van der Waals surface area contributed by atoms with Gasteiger partial charge in [-0.15, -0.1) is 11.3 Å². The molecule has 12 heavy (non-hydrogen) atoms. The largest absolute Gasteiger partial charge is 0.296 e. The summed E-state index contributed by atoms with van der Waals surface area (Å²) in [4.78, 5) is 6.60. The highest BCUT2D eigenvalue weighted by atomic mass is 35.5. The van der Waals surface area contributed by atoms with Crippen LogP contribution in [0.15, 0.2) is 6.20 Å². The maximum absolute atomic E-state index is 5.77. The molecule has 1 aromatic rings. The lowest BCUT2D eigenvalue weighted by Gasteiger charge is -2.36. The van der Waals surface area contributed by atoms with E-state index in [2.05, 4.69) is 16.8 Å². The molecule has 66 valence electrons. The zero-order valence-electron chi connectivity index (χ0n) is 6.96. The second kappa shape index (κ2) is 3.32. The Labute approximate surface area is 81.2 Å². The molecule has 2 heterocycles. The summed E-state index contributed by atoms with van der Waals surface area (Å²) in [5.74, 6) is 0.862. The topological polar surface area (TPSA) is 16.1 Å². The summed E-state index contributed by atoms with van der Waals surface area (Å²) in [6.45, 7) is 5.65. The molecule has 2 rings (SSSR count). The average Bonchev–Trinajstić information content (AvgIpc) is 2.33. The zero-order chi connectivity index (χ0) is 8.55. The number of likely N-dealkylation sites (tertiary alicyclic amines) is 1.